The molecule has 4 heteroatoms. The highest BCUT2D eigenvalue weighted by Crippen LogP contribution is 2.24. The van der Waals surface area contributed by atoms with Crippen molar-refractivity contribution >= 4 is 5.69 Å². The van der Waals surface area contributed by atoms with E-state index in [1.807, 2.05) is 4.90 Å². The van der Waals surface area contributed by atoms with Gasteiger partial charge < -0.3 is 14.7 Å². The molecule has 1 N–H and O–H groups in total. The summed E-state index contributed by atoms with van der Waals surface area (Å²) in [7, 11) is 0. The van der Waals surface area contributed by atoms with E-state index in [1.54, 1.807) is 0 Å². The maximum Gasteiger partial charge on any atom is 0.146 e. The molecular formula is C10H12FNO2. The van der Waals surface area contributed by atoms with Gasteiger partial charge in [-0.3, -0.25) is 0 Å². The van der Waals surface area contributed by atoms with E-state index < -0.39 is 0 Å². The van der Waals surface area contributed by atoms with Crippen LogP contribution in [0, 0.1) is 5.82 Å². The van der Waals surface area contributed by atoms with Crippen LogP contribution >= 0.6 is 0 Å². The second kappa shape index (κ2) is 3.84. The van der Waals surface area contributed by atoms with E-state index in [0.717, 1.165) is 0 Å². The van der Waals surface area contributed by atoms with E-state index in [9.17, 15) is 9.50 Å². The summed E-state index contributed by atoms with van der Waals surface area (Å²) in [5.41, 5.74) is 0.452. The maximum absolute atomic E-state index is 13.4. The summed E-state index contributed by atoms with van der Waals surface area (Å²) in [6, 6.07) is 4.07. The van der Waals surface area contributed by atoms with E-state index in [4.69, 9.17) is 4.74 Å². The summed E-state index contributed by atoms with van der Waals surface area (Å²) in [5, 5.41) is 9.24. The molecule has 0 aromatic heterocycles. The number of ether oxygens (including phenoxy) is 1. The third-order valence-corrected chi connectivity index (χ3v) is 2.28. The first-order valence-corrected chi connectivity index (χ1v) is 4.58. The molecule has 1 fully saturated rings. The fourth-order valence-corrected chi connectivity index (χ4v) is 1.55. The van der Waals surface area contributed by atoms with Crippen molar-refractivity contribution in [1.82, 2.24) is 0 Å². The number of rotatable bonds is 1. The van der Waals surface area contributed by atoms with Crippen molar-refractivity contribution < 1.29 is 14.2 Å². The molecule has 0 amide bonds. The standard InChI is InChI=1S/C10H12FNO2/c11-9-2-1-8(13)7-10(9)12-3-5-14-6-4-12/h1-2,7,13H,3-6H2. The van der Waals surface area contributed by atoms with E-state index in [0.29, 0.717) is 32.0 Å². The lowest BCUT2D eigenvalue weighted by molar-refractivity contribution is 0.122. The van der Waals surface area contributed by atoms with Crippen molar-refractivity contribution in [3.8, 4) is 5.75 Å². The van der Waals surface area contributed by atoms with Crippen molar-refractivity contribution in [2.45, 2.75) is 0 Å². The molecule has 0 unspecified atom stereocenters. The van der Waals surface area contributed by atoms with Crippen LogP contribution in [0.4, 0.5) is 10.1 Å². The van der Waals surface area contributed by atoms with Gasteiger partial charge in [-0.25, -0.2) is 4.39 Å². The molecule has 3 nitrogen and oxygen atoms in total. The zero-order chi connectivity index (χ0) is 9.97. The van der Waals surface area contributed by atoms with E-state index >= 15 is 0 Å². The number of hydrogen-bond donors (Lipinski definition) is 1. The summed E-state index contributed by atoms with van der Waals surface area (Å²) in [5.74, 6) is -0.211. The Bertz CT molecular complexity index is 324. The Morgan fingerprint density at radius 1 is 1.29 bits per heavy atom. The minimum absolute atomic E-state index is 0.0906. The zero-order valence-electron chi connectivity index (χ0n) is 7.74. The molecule has 0 saturated carbocycles. The van der Waals surface area contributed by atoms with Crippen molar-refractivity contribution in [2.75, 3.05) is 31.2 Å². The molecule has 0 radical (unpaired) electrons. The van der Waals surface area contributed by atoms with Gasteiger partial charge >= 0.3 is 0 Å². The molecule has 76 valence electrons. The zero-order valence-corrected chi connectivity index (χ0v) is 7.74. The second-order valence-corrected chi connectivity index (χ2v) is 3.24. The highest BCUT2D eigenvalue weighted by molar-refractivity contribution is 5.51. The Kier molecular flexibility index (Phi) is 2.54. The Hall–Kier alpha value is -1.29. The van der Waals surface area contributed by atoms with Crippen LogP contribution < -0.4 is 4.90 Å². The van der Waals surface area contributed by atoms with Gasteiger partial charge in [0.05, 0.1) is 18.9 Å². The molecule has 1 saturated heterocycles. The van der Waals surface area contributed by atoms with Crippen LogP contribution in [0.15, 0.2) is 18.2 Å². The molecular weight excluding hydrogens is 185 g/mol. The van der Waals surface area contributed by atoms with E-state index in [1.165, 1.54) is 18.2 Å². The van der Waals surface area contributed by atoms with Crippen molar-refractivity contribution in [1.29, 1.82) is 0 Å². The lowest BCUT2D eigenvalue weighted by Gasteiger charge is -2.29. The van der Waals surface area contributed by atoms with Gasteiger partial charge in [-0.2, -0.15) is 0 Å². The van der Waals surface area contributed by atoms with Gasteiger partial charge in [-0.15, -0.1) is 0 Å². The molecule has 1 aromatic rings. The molecule has 0 atom stereocenters. The van der Waals surface area contributed by atoms with Gasteiger partial charge in [-0.1, -0.05) is 0 Å². The van der Waals surface area contributed by atoms with Gasteiger partial charge in [0.15, 0.2) is 0 Å². The molecule has 1 aromatic carbocycles. The number of morpholine rings is 1. The van der Waals surface area contributed by atoms with Crippen LogP contribution in [0.1, 0.15) is 0 Å². The fraction of sp³-hybridized carbons (Fsp3) is 0.400. The quantitative estimate of drug-likeness (QED) is 0.738. The first-order chi connectivity index (χ1) is 6.77. The molecule has 14 heavy (non-hydrogen) atoms. The number of phenols is 1. The average molecular weight is 197 g/mol. The Morgan fingerprint density at radius 3 is 2.71 bits per heavy atom. The molecule has 0 aliphatic carbocycles. The third kappa shape index (κ3) is 1.80. The van der Waals surface area contributed by atoms with Gasteiger partial charge in [0.2, 0.25) is 0 Å². The van der Waals surface area contributed by atoms with Crippen LogP contribution in [-0.4, -0.2) is 31.4 Å². The highest BCUT2D eigenvalue weighted by Gasteiger charge is 2.15. The van der Waals surface area contributed by atoms with Crippen LogP contribution in [0.5, 0.6) is 5.75 Å². The lowest BCUT2D eigenvalue weighted by atomic mass is 10.2. The minimum atomic E-state index is -0.301. The van der Waals surface area contributed by atoms with Gasteiger partial charge in [0.1, 0.15) is 11.6 Å². The van der Waals surface area contributed by atoms with Crippen LogP contribution in [0.25, 0.3) is 0 Å². The van der Waals surface area contributed by atoms with Crippen molar-refractivity contribution in [3.63, 3.8) is 0 Å². The number of phenolic OH excluding ortho intramolecular Hbond substituents is 1. The van der Waals surface area contributed by atoms with Gasteiger partial charge in [-0.05, 0) is 12.1 Å². The third-order valence-electron chi connectivity index (χ3n) is 2.28. The number of hydrogen-bond acceptors (Lipinski definition) is 3. The lowest BCUT2D eigenvalue weighted by Crippen LogP contribution is -2.36. The van der Waals surface area contributed by atoms with Gasteiger partial charge in [0.25, 0.3) is 0 Å². The number of halogens is 1. The first kappa shape index (κ1) is 9.27. The van der Waals surface area contributed by atoms with Crippen LogP contribution in [0.3, 0.4) is 0 Å². The van der Waals surface area contributed by atoms with Crippen LogP contribution in [0.2, 0.25) is 0 Å². The Balaban J connectivity index is 2.24. The van der Waals surface area contributed by atoms with Crippen LogP contribution in [-0.2, 0) is 4.74 Å². The maximum atomic E-state index is 13.4. The summed E-state index contributed by atoms with van der Waals surface area (Å²) in [6.45, 7) is 2.55. The average Bonchev–Trinajstić information content (AvgIpc) is 2.23. The summed E-state index contributed by atoms with van der Waals surface area (Å²) < 4.78 is 18.5. The minimum Gasteiger partial charge on any atom is -0.508 e. The number of nitrogens with zero attached hydrogens (tertiary/aromatic N) is 1. The second-order valence-electron chi connectivity index (χ2n) is 3.24. The summed E-state index contributed by atoms with van der Waals surface area (Å²) in [4.78, 5) is 1.87. The Labute approximate surface area is 81.7 Å². The molecule has 0 spiro atoms. The van der Waals surface area contributed by atoms with E-state index in [2.05, 4.69) is 0 Å². The molecule has 1 aliphatic rings. The number of benzene rings is 1. The normalized spacial score (nSPS) is 17.1. The molecule has 0 bridgehead atoms. The molecule has 1 aliphatic heterocycles. The van der Waals surface area contributed by atoms with Gasteiger partial charge in [0, 0.05) is 19.2 Å². The number of anilines is 1. The van der Waals surface area contributed by atoms with E-state index in [-0.39, 0.29) is 11.6 Å². The first-order valence-electron chi connectivity index (χ1n) is 4.58. The highest BCUT2D eigenvalue weighted by atomic mass is 19.1. The topological polar surface area (TPSA) is 32.7 Å². The largest absolute Gasteiger partial charge is 0.508 e. The fourth-order valence-electron chi connectivity index (χ4n) is 1.55. The van der Waals surface area contributed by atoms with Crippen molar-refractivity contribution in [2.24, 2.45) is 0 Å². The SMILES string of the molecule is Oc1ccc(F)c(N2CCOCC2)c1. The Morgan fingerprint density at radius 2 is 2.00 bits per heavy atom. The smallest absolute Gasteiger partial charge is 0.146 e. The van der Waals surface area contributed by atoms with Crippen molar-refractivity contribution in [3.05, 3.63) is 24.0 Å². The molecule has 1 heterocycles. The summed E-state index contributed by atoms with van der Waals surface area (Å²) in [6.07, 6.45) is 0. The predicted molar refractivity (Wildman–Crippen MR) is 51.1 cm³/mol. The monoisotopic (exact) mass is 197 g/mol. The molecule has 2 rings (SSSR count). The predicted octanol–water partition coefficient (Wildman–Crippen LogP) is 1.37. The summed E-state index contributed by atoms with van der Waals surface area (Å²) >= 11 is 0. The number of aromatic hydroxyl groups is 1.